The number of anilines is 1. The quantitative estimate of drug-likeness (QED) is 0.668. The zero-order valence-electron chi connectivity index (χ0n) is 11.5. The predicted molar refractivity (Wildman–Crippen MR) is 81.5 cm³/mol. The molecular weight excluding hydrogens is 264 g/mol. The van der Waals surface area contributed by atoms with Crippen LogP contribution in [0.1, 0.15) is 11.1 Å². The molecule has 0 bridgehead atoms. The lowest BCUT2D eigenvalue weighted by molar-refractivity contribution is -0.112. The molecule has 0 saturated heterocycles. The van der Waals surface area contributed by atoms with Crippen LogP contribution in [0.5, 0.6) is 5.75 Å². The Hall–Kier alpha value is -3.06. The van der Waals surface area contributed by atoms with Gasteiger partial charge in [0, 0.05) is 5.69 Å². The molecule has 0 heterocycles. The number of phenolic OH excluding ortho intramolecular Hbond substituents is 1. The summed E-state index contributed by atoms with van der Waals surface area (Å²) in [6, 6.07) is 15.5. The number of benzene rings is 2. The van der Waals surface area contributed by atoms with Gasteiger partial charge in [-0.25, -0.2) is 0 Å². The molecule has 0 fully saturated rings. The summed E-state index contributed by atoms with van der Waals surface area (Å²) >= 11 is 0. The van der Waals surface area contributed by atoms with Crippen molar-refractivity contribution in [2.45, 2.75) is 6.92 Å². The normalized spacial score (nSPS) is 10.8. The molecule has 4 heteroatoms. The van der Waals surface area contributed by atoms with Gasteiger partial charge in [-0.05, 0) is 42.8 Å². The van der Waals surface area contributed by atoms with Crippen LogP contribution in [0.25, 0.3) is 6.08 Å². The topological polar surface area (TPSA) is 73.1 Å². The lowest BCUT2D eigenvalue weighted by atomic mass is 10.1. The number of nitrogens with zero attached hydrogens (tertiary/aromatic N) is 1. The second kappa shape index (κ2) is 6.40. The van der Waals surface area contributed by atoms with Crippen LogP contribution in [-0.4, -0.2) is 11.0 Å². The first-order chi connectivity index (χ1) is 10.1. The lowest BCUT2D eigenvalue weighted by Crippen LogP contribution is -2.13. The van der Waals surface area contributed by atoms with E-state index in [4.69, 9.17) is 5.26 Å². The fourth-order valence-corrected chi connectivity index (χ4v) is 1.72. The minimum Gasteiger partial charge on any atom is -0.508 e. The number of carbonyl (C=O) groups excluding carboxylic acids is 1. The third-order valence-electron chi connectivity index (χ3n) is 2.88. The number of hydrogen-bond acceptors (Lipinski definition) is 3. The highest BCUT2D eigenvalue weighted by atomic mass is 16.3. The summed E-state index contributed by atoms with van der Waals surface area (Å²) in [4.78, 5) is 12.0. The zero-order valence-corrected chi connectivity index (χ0v) is 11.5. The van der Waals surface area contributed by atoms with Crippen LogP contribution in [-0.2, 0) is 4.79 Å². The Labute approximate surface area is 123 Å². The summed E-state index contributed by atoms with van der Waals surface area (Å²) in [6.07, 6.45) is 1.48. The van der Waals surface area contributed by atoms with Gasteiger partial charge in [0.1, 0.15) is 17.4 Å². The van der Waals surface area contributed by atoms with E-state index in [0.717, 1.165) is 5.56 Å². The molecule has 0 aliphatic carbocycles. The van der Waals surface area contributed by atoms with Crippen LogP contribution in [0, 0.1) is 18.3 Å². The highest BCUT2D eigenvalue weighted by Crippen LogP contribution is 2.14. The molecule has 1 amide bonds. The molecule has 0 aliphatic heterocycles. The van der Waals surface area contributed by atoms with Gasteiger partial charge < -0.3 is 10.4 Å². The Balaban J connectivity index is 2.17. The van der Waals surface area contributed by atoms with E-state index in [1.807, 2.05) is 25.1 Å². The molecule has 21 heavy (non-hydrogen) atoms. The molecule has 0 unspecified atom stereocenters. The molecule has 0 atom stereocenters. The number of hydrogen-bond donors (Lipinski definition) is 2. The van der Waals surface area contributed by atoms with Crippen molar-refractivity contribution in [1.29, 1.82) is 5.26 Å². The van der Waals surface area contributed by atoms with Crippen molar-refractivity contribution in [2.24, 2.45) is 0 Å². The van der Waals surface area contributed by atoms with Crippen molar-refractivity contribution in [3.63, 3.8) is 0 Å². The summed E-state index contributed by atoms with van der Waals surface area (Å²) in [7, 11) is 0. The van der Waals surface area contributed by atoms with Crippen molar-refractivity contribution in [1.82, 2.24) is 0 Å². The second-order valence-corrected chi connectivity index (χ2v) is 4.58. The van der Waals surface area contributed by atoms with Crippen LogP contribution in [0.4, 0.5) is 5.69 Å². The van der Waals surface area contributed by atoms with Crippen LogP contribution in [0.2, 0.25) is 0 Å². The first-order valence-electron chi connectivity index (χ1n) is 6.37. The van der Waals surface area contributed by atoms with Crippen LogP contribution in [0.15, 0.2) is 54.1 Å². The van der Waals surface area contributed by atoms with Crippen molar-refractivity contribution in [3.05, 3.63) is 65.2 Å². The maximum Gasteiger partial charge on any atom is 0.266 e. The minimum atomic E-state index is -0.463. The van der Waals surface area contributed by atoms with Gasteiger partial charge in [0.25, 0.3) is 5.91 Å². The molecule has 0 saturated carbocycles. The van der Waals surface area contributed by atoms with Crippen molar-refractivity contribution < 1.29 is 9.90 Å². The van der Waals surface area contributed by atoms with Gasteiger partial charge in [0.15, 0.2) is 0 Å². The second-order valence-electron chi connectivity index (χ2n) is 4.58. The molecule has 0 aliphatic rings. The fourth-order valence-electron chi connectivity index (χ4n) is 1.72. The SMILES string of the molecule is Cc1ccc(NC(=O)/C(C#N)=C/c2ccc(O)cc2)cc1. The maximum atomic E-state index is 12.0. The standard InChI is InChI=1S/C17H14N2O2/c1-12-2-6-15(7-3-12)19-17(21)14(11-18)10-13-4-8-16(20)9-5-13/h2-10,20H,1H3,(H,19,21)/b14-10+. The average Bonchev–Trinajstić information content (AvgIpc) is 2.49. The molecule has 2 N–H and O–H groups in total. The Bertz CT molecular complexity index is 708. The molecule has 2 aromatic carbocycles. The number of carbonyl (C=O) groups is 1. The number of aromatic hydroxyl groups is 1. The largest absolute Gasteiger partial charge is 0.508 e. The van der Waals surface area contributed by atoms with Gasteiger partial charge in [-0.1, -0.05) is 29.8 Å². The third kappa shape index (κ3) is 3.95. The van der Waals surface area contributed by atoms with Gasteiger partial charge >= 0.3 is 0 Å². The molecular formula is C17H14N2O2. The smallest absolute Gasteiger partial charge is 0.266 e. The Kier molecular flexibility index (Phi) is 4.37. The van der Waals surface area contributed by atoms with E-state index in [9.17, 15) is 9.90 Å². The molecule has 2 rings (SSSR count). The van der Waals surface area contributed by atoms with Gasteiger partial charge in [0.05, 0.1) is 0 Å². The Morgan fingerprint density at radius 3 is 2.33 bits per heavy atom. The first-order valence-corrected chi connectivity index (χ1v) is 6.37. The van der Waals surface area contributed by atoms with Gasteiger partial charge in [-0.15, -0.1) is 0 Å². The van der Waals surface area contributed by atoms with E-state index >= 15 is 0 Å². The van der Waals surface area contributed by atoms with E-state index in [1.165, 1.54) is 18.2 Å². The molecule has 2 aromatic rings. The Morgan fingerprint density at radius 2 is 1.76 bits per heavy atom. The number of phenols is 1. The molecule has 104 valence electrons. The summed E-state index contributed by atoms with van der Waals surface area (Å²) in [5.41, 5.74) is 2.40. The summed E-state index contributed by atoms with van der Waals surface area (Å²) in [5.74, 6) is -0.329. The highest BCUT2D eigenvalue weighted by Gasteiger charge is 2.09. The van der Waals surface area contributed by atoms with Crippen molar-refractivity contribution >= 4 is 17.7 Å². The molecule has 4 nitrogen and oxygen atoms in total. The van der Waals surface area contributed by atoms with Crippen molar-refractivity contribution in [2.75, 3.05) is 5.32 Å². The number of rotatable bonds is 3. The van der Waals surface area contributed by atoms with E-state index < -0.39 is 5.91 Å². The minimum absolute atomic E-state index is 0.00117. The number of amides is 1. The van der Waals surface area contributed by atoms with Crippen molar-refractivity contribution in [3.8, 4) is 11.8 Å². The summed E-state index contributed by atoms with van der Waals surface area (Å²) in [6.45, 7) is 1.96. The van der Waals surface area contributed by atoms with Crippen LogP contribution < -0.4 is 5.32 Å². The molecule has 0 aromatic heterocycles. The number of aryl methyl sites for hydroxylation is 1. The number of nitriles is 1. The highest BCUT2D eigenvalue weighted by molar-refractivity contribution is 6.09. The molecule has 0 radical (unpaired) electrons. The number of nitrogens with one attached hydrogen (secondary N) is 1. The van der Waals surface area contributed by atoms with E-state index in [2.05, 4.69) is 5.32 Å². The van der Waals surface area contributed by atoms with E-state index in [-0.39, 0.29) is 11.3 Å². The average molecular weight is 278 g/mol. The monoisotopic (exact) mass is 278 g/mol. The van der Waals surface area contributed by atoms with Crippen LogP contribution in [0.3, 0.4) is 0 Å². The summed E-state index contributed by atoms with van der Waals surface area (Å²) < 4.78 is 0. The van der Waals surface area contributed by atoms with E-state index in [1.54, 1.807) is 24.3 Å². The van der Waals surface area contributed by atoms with Gasteiger partial charge in [-0.3, -0.25) is 4.79 Å². The van der Waals surface area contributed by atoms with Gasteiger partial charge in [-0.2, -0.15) is 5.26 Å². The van der Waals surface area contributed by atoms with E-state index in [0.29, 0.717) is 11.3 Å². The first kappa shape index (κ1) is 14.4. The maximum absolute atomic E-state index is 12.0. The zero-order chi connectivity index (χ0) is 15.2. The lowest BCUT2D eigenvalue weighted by Gasteiger charge is -2.04. The van der Waals surface area contributed by atoms with Gasteiger partial charge in [0.2, 0.25) is 0 Å². The predicted octanol–water partition coefficient (Wildman–Crippen LogP) is 3.25. The van der Waals surface area contributed by atoms with Crippen LogP contribution >= 0.6 is 0 Å². The molecule has 0 spiro atoms. The third-order valence-corrected chi connectivity index (χ3v) is 2.88. The fraction of sp³-hybridized carbons (Fsp3) is 0.0588. The summed E-state index contributed by atoms with van der Waals surface area (Å²) in [5, 5.41) is 21.0. The Morgan fingerprint density at radius 1 is 1.14 bits per heavy atom.